The Morgan fingerprint density at radius 3 is 3.00 bits per heavy atom. The predicted octanol–water partition coefficient (Wildman–Crippen LogP) is 1.02. The molecule has 0 radical (unpaired) electrons. The Kier molecular flexibility index (Phi) is 4.50. The maximum Gasteiger partial charge on any atom is 0.274 e. The van der Waals surface area contributed by atoms with Crippen molar-refractivity contribution >= 4 is 12.2 Å². The molecule has 0 unspecified atom stereocenters. The van der Waals surface area contributed by atoms with Crippen molar-refractivity contribution in [2.24, 2.45) is 5.10 Å². The molecule has 2 rings (SSSR count). The molecule has 2 aromatic rings. The van der Waals surface area contributed by atoms with Crippen LogP contribution in [0, 0.1) is 6.92 Å². The number of H-pyrrole nitrogens is 1. The monoisotopic (exact) mass is 289 g/mol. The summed E-state index contributed by atoms with van der Waals surface area (Å²) in [5.74, 6) is 0.589. The quantitative estimate of drug-likeness (QED) is 0.559. The zero-order chi connectivity index (χ0) is 15.2. The topological polar surface area (TPSA) is 112 Å². The average Bonchev–Trinajstić information content (AvgIpc) is 2.46. The first-order chi connectivity index (χ1) is 10.1. The van der Waals surface area contributed by atoms with Crippen LogP contribution >= 0.6 is 0 Å². The van der Waals surface area contributed by atoms with Gasteiger partial charge in [-0.05, 0) is 37.6 Å². The van der Waals surface area contributed by atoms with E-state index in [4.69, 9.17) is 4.74 Å². The van der Waals surface area contributed by atoms with E-state index in [0.717, 1.165) is 0 Å². The molecular weight excluding hydrogens is 274 g/mol. The van der Waals surface area contributed by atoms with Gasteiger partial charge in [0.15, 0.2) is 11.5 Å². The first kappa shape index (κ1) is 14.5. The molecule has 0 aliphatic carbocycles. The number of hydrogen-bond acceptors (Lipinski definition) is 7. The normalized spacial score (nSPS) is 10.8. The minimum absolute atomic E-state index is 0.0655. The van der Waals surface area contributed by atoms with Crippen molar-refractivity contribution in [2.75, 3.05) is 12.0 Å². The van der Waals surface area contributed by atoms with Gasteiger partial charge in [-0.1, -0.05) is 0 Å². The maximum absolute atomic E-state index is 11.3. The van der Waals surface area contributed by atoms with Crippen LogP contribution in [0.4, 0.5) is 5.95 Å². The van der Waals surface area contributed by atoms with Crippen LogP contribution in [0.15, 0.2) is 28.1 Å². The summed E-state index contributed by atoms with van der Waals surface area (Å²) >= 11 is 0. The van der Waals surface area contributed by atoms with Gasteiger partial charge in [-0.25, -0.2) is 5.43 Å². The predicted molar refractivity (Wildman–Crippen MR) is 77.9 cm³/mol. The molecule has 0 bridgehead atoms. The van der Waals surface area contributed by atoms with Crippen LogP contribution in [0.25, 0.3) is 0 Å². The summed E-state index contributed by atoms with van der Waals surface area (Å²) in [5.41, 5.74) is 3.23. The van der Waals surface area contributed by atoms with Crippen molar-refractivity contribution in [1.29, 1.82) is 0 Å². The van der Waals surface area contributed by atoms with Gasteiger partial charge in [-0.15, -0.1) is 10.2 Å². The number of aromatic hydroxyl groups is 1. The Morgan fingerprint density at radius 2 is 2.29 bits per heavy atom. The second-order valence-corrected chi connectivity index (χ2v) is 4.12. The molecule has 8 nitrogen and oxygen atoms in total. The summed E-state index contributed by atoms with van der Waals surface area (Å²) < 4.78 is 5.27. The van der Waals surface area contributed by atoms with Crippen molar-refractivity contribution in [3.8, 4) is 11.5 Å². The Balaban J connectivity index is 2.08. The molecule has 0 aliphatic rings. The Morgan fingerprint density at radius 1 is 1.48 bits per heavy atom. The number of hydrazone groups is 1. The zero-order valence-corrected chi connectivity index (χ0v) is 11.6. The SMILES string of the molecule is CCOc1cc(/C=N\Nc2nnc(C)c(=O)[nH]2)ccc1O. The molecule has 0 saturated heterocycles. The third kappa shape index (κ3) is 3.78. The van der Waals surface area contributed by atoms with Gasteiger partial charge in [0.1, 0.15) is 5.69 Å². The third-order valence-electron chi connectivity index (χ3n) is 2.53. The van der Waals surface area contributed by atoms with Gasteiger partial charge in [-0.3, -0.25) is 9.78 Å². The van der Waals surface area contributed by atoms with E-state index in [1.807, 2.05) is 6.92 Å². The highest BCUT2D eigenvalue weighted by molar-refractivity contribution is 5.81. The molecule has 8 heteroatoms. The standard InChI is InChI=1S/C13H15N5O3/c1-3-21-11-6-9(4-5-10(11)19)7-14-17-13-15-12(20)8(2)16-18-13/h4-7,19H,3H2,1-2H3,(H2,15,17,18,20)/b14-7-. The lowest BCUT2D eigenvalue weighted by Gasteiger charge is -2.05. The van der Waals surface area contributed by atoms with Crippen LogP contribution in [0.3, 0.4) is 0 Å². The van der Waals surface area contributed by atoms with Crippen LogP contribution in [-0.4, -0.2) is 33.1 Å². The molecular formula is C13H15N5O3. The number of nitrogens with zero attached hydrogens (tertiary/aromatic N) is 3. The molecule has 110 valence electrons. The minimum atomic E-state index is -0.328. The number of nitrogens with one attached hydrogen (secondary N) is 2. The van der Waals surface area contributed by atoms with Gasteiger partial charge in [0.25, 0.3) is 5.56 Å². The molecule has 1 aromatic carbocycles. The van der Waals surface area contributed by atoms with E-state index in [2.05, 4.69) is 25.7 Å². The van der Waals surface area contributed by atoms with Crippen molar-refractivity contribution in [2.45, 2.75) is 13.8 Å². The summed E-state index contributed by atoms with van der Waals surface area (Å²) in [6, 6.07) is 4.83. The summed E-state index contributed by atoms with van der Waals surface area (Å²) in [7, 11) is 0. The molecule has 0 aliphatic heterocycles. The smallest absolute Gasteiger partial charge is 0.274 e. The van der Waals surface area contributed by atoms with E-state index in [1.54, 1.807) is 19.1 Å². The number of anilines is 1. The minimum Gasteiger partial charge on any atom is -0.504 e. The summed E-state index contributed by atoms with van der Waals surface area (Å²) in [6.07, 6.45) is 1.50. The molecule has 0 spiro atoms. The molecule has 1 heterocycles. The highest BCUT2D eigenvalue weighted by atomic mass is 16.5. The van der Waals surface area contributed by atoms with E-state index < -0.39 is 0 Å². The lowest BCUT2D eigenvalue weighted by Crippen LogP contribution is -2.15. The number of aryl methyl sites for hydroxylation is 1. The van der Waals surface area contributed by atoms with Crippen LogP contribution in [0.1, 0.15) is 18.2 Å². The number of aromatic amines is 1. The molecule has 3 N–H and O–H groups in total. The van der Waals surface area contributed by atoms with Crippen molar-refractivity contribution in [3.05, 3.63) is 39.8 Å². The van der Waals surface area contributed by atoms with Crippen molar-refractivity contribution in [3.63, 3.8) is 0 Å². The number of aromatic nitrogens is 3. The first-order valence-electron chi connectivity index (χ1n) is 6.28. The molecule has 1 aromatic heterocycles. The summed E-state index contributed by atoms with van der Waals surface area (Å²) in [5, 5.41) is 20.9. The molecule has 0 atom stereocenters. The average molecular weight is 289 g/mol. The van der Waals surface area contributed by atoms with E-state index in [1.165, 1.54) is 12.3 Å². The van der Waals surface area contributed by atoms with Gasteiger partial charge < -0.3 is 9.84 Å². The molecule has 0 amide bonds. The van der Waals surface area contributed by atoms with E-state index in [-0.39, 0.29) is 23.0 Å². The third-order valence-corrected chi connectivity index (χ3v) is 2.53. The van der Waals surface area contributed by atoms with Gasteiger partial charge in [0.2, 0.25) is 5.95 Å². The van der Waals surface area contributed by atoms with Crippen LogP contribution < -0.4 is 15.7 Å². The van der Waals surface area contributed by atoms with Crippen LogP contribution in [0.5, 0.6) is 11.5 Å². The van der Waals surface area contributed by atoms with Gasteiger partial charge in [0, 0.05) is 0 Å². The molecule has 21 heavy (non-hydrogen) atoms. The second-order valence-electron chi connectivity index (χ2n) is 4.12. The molecule has 0 fully saturated rings. The number of hydrogen-bond donors (Lipinski definition) is 3. The number of ether oxygens (including phenoxy) is 1. The Hall–Kier alpha value is -2.90. The highest BCUT2D eigenvalue weighted by Gasteiger charge is 2.02. The lowest BCUT2D eigenvalue weighted by molar-refractivity contribution is 0.318. The van der Waals surface area contributed by atoms with Gasteiger partial charge >= 0.3 is 0 Å². The van der Waals surface area contributed by atoms with Crippen LogP contribution in [0.2, 0.25) is 0 Å². The van der Waals surface area contributed by atoms with Crippen LogP contribution in [-0.2, 0) is 0 Å². The lowest BCUT2D eigenvalue weighted by atomic mass is 10.2. The number of phenolic OH excluding ortho intramolecular Hbond substituents is 1. The van der Waals surface area contributed by atoms with E-state index in [9.17, 15) is 9.90 Å². The Labute approximate surface area is 120 Å². The highest BCUT2D eigenvalue weighted by Crippen LogP contribution is 2.26. The van der Waals surface area contributed by atoms with Gasteiger partial charge in [0.05, 0.1) is 12.8 Å². The Bertz CT molecular complexity index is 711. The first-order valence-corrected chi connectivity index (χ1v) is 6.28. The van der Waals surface area contributed by atoms with E-state index >= 15 is 0 Å². The summed E-state index contributed by atoms with van der Waals surface area (Å²) in [4.78, 5) is 13.8. The maximum atomic E-state index is 11.3. The van der Waals surface area contributed by atoms with Gasteiger partial charge in [-0.2, -0.15) is 5.10 Å². The number of rotatable bonds is 5. The number of benzene rings is 1. The number of phenols is 1. The fourth-order valence-electron chi connectivity index (χ4n) is 1.49. The fraction of sp³-hybridized carbons (Fsp3) is 0.231. The van der Waals surface area contributed by atoms with Crippen molar-refractivity contribution in [1.82, 2.24) is 15.2 Å². The summed E-state index contributed by atoms with van der Waals surface area (Å²) in [6.45, 7) is 3.84. The molecule has 0 saturated carbocycles. The van der Waals surface area contributed by atoms with E-state index in [0.29, 0.717) is 17.9 Å². The zero-order valence-electron chi connectivity index (χ0n) is 11.6. The van der Waals surface area contributed by atoms with Crippen molar-refractivity contribution < 1.29 is 9.84 Å². The fourth-order valence-corrected chi connectivity index (χ4v) is 1.49. The second kappa shape index (κ2) is 6.51. The largest absolute Gasteiger partial charge is 0.504 e.